The second-order valence-corrected chi connectivity index (χ2v) is 5.28. The van der Waals surface area contributed by atoms with E-state index >= 15 is 0 Å². The number of nitrogens with one attached hydrogen (secondary N) is 1. The number of aryl methyl sites for hydroxylation is 1. The molecule has 0 radical (unpaired) electrons. The van der Waals surface area contributed by atoms with Gasteiger partial charge in [0.1, 0.15) is 5.75 Å². The summed E-state index contributed by atoms with van der Waals surface area (Å²) in [6.45, 7) is 4.53. The summed E-state index contributed by atoms with van der Waals surface area (Å²) in [5.41, 5.74) is 3.23. The van der Waals surface area contributed by atoms with Crippen LogP contribution >= 0.6 is 0 Å². The molecule has 1 heterocycles. The average Bonchev–Trinajstić information content (AvgIpc) is 2.57. The molecule has 0 saturated heterocycles. The first-order valence-corrected chi connectivity index (χ1v) is 7.57. The molecule has 2 aromatic carbocycles. The van der Waals surface area contributed by atoms with Gasteiger partial charge in [-0.1, -0.05) is 6.07 Å². The lowest BCUT2D eigenvalue weighted by molar-refractivity contribution is 0.102. The molecule has 0 unspecified atom stereocenters. The minimum Gasteiger partial charge on any atom is -0.494 e. The summed E-state index contributed by atoms with van der Waals surface area (Å²) < 4.78 is 5.51. The van der Waals surface area contributed by atoms with Crippen molar-refractivity contribution >= 4 is 22.5 Å². The normalized spacial score (nSPS) is 10.5. The van der Waals surface area contributed by atoms with Crippen LogP contribution in [-0.2, 0) is 0 Å². The molecule has 0 fully saturated rings. The van der Waals surface area contributed by atoms with Gasteiger partial charge in [0.15, 0.2) is 0 Å². The van der Waals surface area contributed by atoms with Gasteiger partial charge in [0.25, 0.3) is 5.91 Å². The van der Waals surface area contributed by atoms with Gasteiger partial charge in [0.05, 0.1) is 12.1 Å². The minimum atomic E-state index is -0.140. The highest BCUT2D eigenvalue weighted by molar-refractivity contribution is 6.06. The molecule has 0 bridgehead atoms. The highest BCUT2D eigenvalue weighted by Gasteiger charge is 2.08. The monoisotopic (exact) mass is 306 g/mol. The van der Waals surface area contributed by atoms with E-state index in [1.165, 1.54) is 0 Å². The fourth-order valence-electron chi connectivity index (χ4n) is 2.46. The summed E-state index contributed by atoms with van der Waals surface area (Å²) in [7, 11) is 0. The Balaban J connectivity index is 1.81. The van der Waals surface area contributed by atoms with Gasteiger partial charge in [-0.05, 0) is 61.9 Å². The van der Waals surface area contributed by atoms with Crippen molar-refractivity contribution in [1.82, 2.24) is 4.98 Å². The van der Waals surface area contributed by atoms with E-state index in [2.05, 4.69) is 10.3 Å². The van der Waals surface area contributed by atoms with Crippen molar-refractivity contribution in [3.63, 3.8) is 0 Å². The standard InChI is InChI=1S/C19H18N2O2/c1-3-23-18-9-7-16(11-13(18)2)21-19(22)15-6-8-17-14(12-15)5-4-10-20-17/h4-12H,3H2,1-2H3,(H,21,22). The molecule has 0 aliphatic rings. The van der Waals surface area contributed by atoms with E-state index in [9.17, 15) is 4.79 Å². The Morgan fingerprint density at radius 1 is 1.17 bits per heavy atom. The highest BCUT2D eigenvalue weighted by atomic mass is 16.5. The van der Waals surface area contributed by atoms with Crippen molar-refractivity contribution < 1.29 is 9.53 Å². The van der Waals surface area contributed by atoms with Gasteiger partial charge >= 0.3 is 0 Å². The number of hydrogen-bond acceptors (Lipinski definition) is 3. The first-order chi connectivity index (χ1) is 11.2. The number of carbonyl (C=O) groups is 1. The fraction of sp³-hybridized carbons (Fsp3) is 0.158. The lowest BCUT2D eigenvalue weighted by atomic mass is 10.1. The lowest BCUT2D eigenvalue weighted by Gasteiger charge is -2.10. The van der Waals surface area contributed by atoms with E-state index in [0.717, 1.165) is 27.9 Å². The van der Waals surface area contributed by atoms with Crippen LogP contribution in [0.4, 0.5) is 5.69 Å². The predicted octanol–water partition coefficient (Wildman–Crippen LogP) is 4.19. The fourth-order valence-corrected chi connectivity index (χ4v) is 2.46. The van der Waals surface area contributed by atoms with E-state index in [-0.39, 0.29) is 5.91 Å². The summed E-state index contributed by atoms with van der Waals surface area (Å²) >= 11 is 0. The Morgan fingerprint density at radius 3 is 2.83 bits per heavy atom. The summed E-state index contributed by atoms with van der Waals surface area (Å²) in [6.07, 6.45) is 1.74. The molecule has 3 aromatic rings. The predicted molar refractivity (Wildman–Crippen MR) is 92.0 cm³/mol. The third-order valence-corrected chi connectivity index (χ3v) is 3.60. The Labute approximate surface area is 135 Å². The van der Waals surface area contributed by atoms with Crippen LogP contribution in [0.1, 0.15) is 22.8 Å². The molecule has 3 rings (SSSR count). The number of rotatable bonds is 4. The molecular formula is C19H18N2O2. The SMILES string of the molecule is CCOc1ccc(NC(=O)c2ccc3ncccc3c2)cc1C. The van der Waals surface area contributed by atoms with Gasteiger partial charge in [0.2, 0.25) is 0 Å². The number of nitrogens with zero attached hydrogens (tertiary/aromatic N) is 1. The highest BCUT2D eigenvalue weighted by Crippen LogP contribution is 2.22. The molecule has 1 amide bonds. The molecule has 4 heteroatoms. The van der Waals surface area contributed by atoms with Crippen LogP contribution in [0.5, 0.6) is 5.75 Å². The second kappa shape index (κ2) is 6.48. The number of fused-ring (bicyclic) bond motifs is 1. The third kappa shape index (κ3) is 3.31. The topological polar surface area (TPSA) is 51.2 Å². The molecule has 0 aliphatic heterocycles. The average molecular weight is 306 g/mol. The summed E-state index contributed by atoms with van der Waals surface area (Å²) in [4.78, 5) is 16.7. The molecule has 23 heavy (non-hydrogen) atoms. The number of benzene rings is 2. The number of ether oxygens (including phenoxy) is 1. The van der Waals surface area contributed by atoms with Crippen molar-refractivity contribution in [3.05, 3.63) is 65.9 Å². The Morgan fingerprint density at radius 2 is 2.04 bits per heavy atom. The zero-order valence-electron chi connectivity index (χ0n) is 13.2. The molecular weight excluding hydrogens is 288 g/mol. The number of anilines is 1. The van der Waals surface area contributed by atoms with Crippen molar-refractivity contribution in [2.75, 3.05) is 11.9 Å². The first-order valence-electron chi connectivity index (χ1n) is 7.57. The van der Waals surface area contributed by atoms with E-state index in [4.69, 9.17) is 4.74 Å². The Kier molecular flexibility index (Phi) is 4.24. The van der Waals surface area contributed by atoms with Crippen LogP contribution in [0.2, 0.25) is 0 Å². The Hall–Kier alpha value is -2.88. The molecule has 0 spiro atoms. The van der Waals surface area contributed by atoms with Crippen molar-refractivity contribution in [2.45, 2.75) is 13.8 Å². The number of carbonyl (C=O) groups excluding carboxylic acids is 1. The zero-order valence-corrected chi connectivity index (χ0v) is 13.2. The summed E-state index contributed by atoms with van der Waals surface area (Å²) in [6, 6.07) is 14.9. The van der Waals surface area contributed by atoms with E-state index < -0.39 is 0 Å². The first kappa shape index (κ1) is 15.0. The van der Waals surface area contributed by atoms with Gasteiger partial charge in [-0.2, -0.15) is 0 Å². The molecule has 116 valence electrons. The smallest absolute Gasteiger partial charge is 0.255 e. The van der Waals surface area contributed by atoms with Crippen LogP contribution in [0.25, 0.3) is 10.9 Å². The van der Waals surface area contributed by atoms with Crippen LogP contribution in [-0.4, -0.2) is 17.5 Å². The van der Waals surface area contributed by atoms with Crippen LogP contribution < -0.4 is 10.1 Å². The molecule has 0 aliphatic carbocycles. The molecule has 1 N–H and O–H groups in total. The quantitative estimate of drug-likeness (QED) is 0.786. The van der Waals surface area contributed by atoms with Crippen molar-refractivity contribution in [2.24, 2.45) is 0 Å². The molecule has 1 aromatic heterocycles. The minimum absolute atomic E-state index is 0.140. The summed E-state index contributed by atoms with van der Waals surface area (Å²) in [5.74, 6) is 0.696. The largest absolute Gasteiger partial charge is 0.494 e. The van der Waals surface area contributed by atoms with Gasteiger partial charge in [-0.3, -0.25) is 9.78 Å². The van der Waals surface area contributed by atoms with Gasteiger partial charge < -0.3 is 10.1 Å². The number of pyridine rings is 1. The van der Waals surface area contributed by atoms with Crippen LogP contribution in [0.3, 0.4) is 0 Å². The zero-order chi connectivity index (χ0) is 16.2. The molecule has 0 atom stereocenters. The summed E-state index contributed by atoms with van der Waals surface area (Å²) in [5, 5.41) is 3.87. The van der Waals surface area contributed by atoms with Gasteiger partial charge in [0, 0.05) is 22.8 Å². The maximum atomic E-state index is 12.4. The Bertz CT molecular complexity index is 859. The molecule has 0 saturated carbocycles. The van der Waals surface area contributed by atoms with Crippen LogP contribution in [0, 0.1) is 6.92 Å². The number of amides is 1. The third-order valence-electron chi connectivity index (χ3n) is 3.60. The lowest BCUT2D eigenvalue weighted by Crippen LogP contribution is -2.12. The maximum Gasteiger partial charge on any atom is 0.255 e. The van der Waals surface area contributed by atoms with E-state index in [1.54, 1.807) is 12.3 Å². The maximum absolute atomic E-state index is 12.4. The molecule has 4 nitrogen and oxygen atoms in total. The van der Waals surface area contributed by atoms with Crippen molar-refractivity contribution in [3.8, 4) is 5.75 Å². The number of aromatic nitrogens is 1. The van der Waals surface area contributed by atoms with Crippen LogP contribution in [0.15, 0.2) is 54.7 Å². The van der Waals surface area contributed by atoms with Gasteiger partial charge in [-0.15, -0.1) is 0 Å². The van der Waals surface area contributed by atoms with E-state index in [1.807, 2.05) is 56.3 Å². The second-order valence-electron chi connectivity index (χ2n) is 5.28. The van der Waals surface area contributed by atoms with Crippen molar-refractivity contribution in [1.29, 1.82) is 0 Å². The number of hydrogen-bond donors (Lipinski definition) is 1. The van der Waals surface area contributed by atoms with E-state index in [0.29, 0.717) is 12.2 Å². The van der Waals surface area contributed by atoms with Gasteiger partial charge in [-0.25, -0.2) is 0 Å².